The largest absolute Gasteiger partial charge is 0.459 e. The highest BCUT2D eigenvalue weighted by Crippen LogP contribution is 2.23. The molecule has 1 saturated heterocycles. The van der Waals surface area contributed by atoms with Gasteiger partial charge in [-0.2, -0.15) is 0 Å². The first-order valence-corrected chi connectivity index (χ1v) is 11.4. The molecule has 0 radical (unpaired) electrons. The molecule has 0 spiro atoms. The van der Waals surface area contributed by atoms with Crippen LogP contribution in [-0.2, 0) is 4.79 Å². The zero-order chi connectivity index (χ0) is 23.9. The van der Waals surface area contributed by atoms with Gasteiger partial charge in [0.15, 0.2) is 5.76 Å². The van der Waals surface area contributed by atoms with Gasteiger partial charge < -0.3 is 25.3 Å². The first kappa shape index (κ1) is 23.1. The van der Waals surface area contributed by atoms with Gasteiger partial charge in [-0.1, -0.05) is 12.1 Å². The lowest BCUT2D eigenvalue weighted by Crippen LogP contribution is -2.35. The van der Waals surface area contributed by atoms with E-state index in [1.165, 1.54) is 19.1 Å². The van der Waals surface area contributed by atoms with Gasteiger partial charge in [0.1, 0.15) is 0 Å². The van der Waals surface area contributed by atoms with Crippen LogP contribution < -0.4 is 20.9 Å². The third-order valence-corrected chi connectivity index (χ3v) is 5.60. The molecule has 1 aliphatic rings. The Hall–Kier alpha value is -4.07. The summed E-state index contributed by atoms with van der Waals surface area (Å²) in [6.07, 6.45) is 3.93. The summed E-state index contributed by atoms with van der Waals surface area (Å²) in [5.41, 5.74) is 2.70. The fraction of sp³-hybridized carbons (Fsp3) is 0.269. The number of nitrogens with one attached hydrogen (secondary N) is 3. The van der Waals surface area contributed by atoms with E-state index in [0.717, 1.165) is 24.5 Å². The molecular formula is C26H28N4O4. The molecule has 4 rings (SSSR count). The number of amides is 3. The number of rotatable bonds is 8. The highest BCUT2D eigenvalue weighted by Gasteiger charge is 2.16. The number of nitrogens with zero attached hydrogens (tertiary/aromatic N) is 1. The first-order valence-electron chi connectivity index (χ1n) is 11.4. The number of carbonyl (C=O) groups is 3. The summed E-state index contributed by atoms with van der Waals surface area (Å²) in [6, 6.07) is 17.2. The van der Waals surface area contributed by atoms with Crippen molar-refractivity contribution in [2.45, 2.75) is 32.2 Å². The fourth-order valence-corrected chi connectivity index (χ4v) is 3.94. The summed E-state index contributed by atoms with van der Waals surface area (Å²) >= 11 is 0. The van der Waals surface area contributed by atoms with E-state index in [2.05, 4.69) is 26.9 Å². The Morgan fingerprint density at radius 1 is 0.912 bits per heavy atom. The molecule has 0 aliphatic carbocycles. The van der Waals surface area contributed by atoms with Crippen molar-refractivity contribution >= 4 is 34.8 Å². The molecule has 1 atom stereocenters. The first-order chi connectivity index (χ1) is 16.5. The van der Waals surface area contributed by atoms with E-state index >= 15 is 0 Å². The molecule has 1 aromatic heterocycles. The molecule has 34 heavy (non-hydrogen) atoms. The van der Waals surface area contributed by atoms with Gasteiger partial charge in [-0.15, -0.1) is 0 Å². The zero-order valence-corrected chi connectivity index (χ0v) is 19.0. The van der Waals surface area contributed by atoms with Crippen molar-refractivity contribution in [3.63, 3.8) is 0 Å². The van der Waals surface area contributed by atoms with E-state index in [1.807, 2.05) is 18.2 Å². The number of benzene rings is 2. The minimum Gasteiger partial charge on any atom is -0.459 e. The zero-order valence-electron chi connectivity index (χ0n) is 19.0. The number of furan rings is 1. The molecule has 3 amide bonds. The van der Waals surface area contributed by atoms with Crippen molar-refractivity contribution in [3.05, 3.63) is 78.3 Å². The van der Waals surface area contributed by atoms with Crippen molar-refractivity contribution in [1.82, 2.24) is 5.32 Å². The van der Waals surface area contributed by atoms with Crippen LogP contribution in [-0.4, -0.2) is 36.9 Å². The Labute approximate surface area is 198 Å². The maximum absolute atomic E-state index is 12.7. The lowest BCUT2D eigenvalue weighted by molar-refractivity contribution is -0.116. The predicted molar refractivity (Wildman–Crippen MR) is 131 cm³/mol. The molecule has 1 aliphatic heterocycles. The summed E-state index contributed by atoms with van der Waals surface area (Å²) in [5, 5.41) is 8.46. The van der Waals surface area contributed by atoms with Crippen molar-refractivity contribution in [3.8, 4) is 0 Å². The third-order valence-electron chi connectivity index (χ3n) is 5.60. The van der Waals surface area contributed by atoms with Gasteiger partial charge in [-0.05, 0) is 68.3 Å². The molecule has 176 valence electrons. The van der Waals surface area contributed by atoms with Crippen LogP contribution in [0.5, 0.6) is 0 Å². The van der Waals surface area contributed by atoms with E-state index in [-0.39, 0.29) is 30.0 Å². The summed E-state index contributed by atoms with van der Waals surface area (Å²) in [7, 11) is 0. The van der Waals surface area contributed by atoms with Gasteiger partial charge in [0.2, 0.25) is 5.91 Å². The Bertz CT molecular complexity index is 1150. The van der Waals surface area contributed by atoms with Gasteiger partial charge in [-0.3, -0.25) is 14.4 Å². The second kappa shape index (κ2) is 10.7. The molecular weight excluding hydrogens is 432 g/mol. The molecule has 1 unspecified atom stereocenters. The maximum atomic E-state index is 12.7. The van der Waals surface area contributed by atoms with E-state index in [9.17, 15) is 14.4 Å². The maximum Gasteiger partial charge on any atom is 0.291 e. The normalized spacial score (nSPS) is 13.9. The minimum atomic E-state index is -0.401. The average molecular weight is 461 g/mol. The van der Waals surface area contributed by atoms with Crippen LogP contribution in [0, 0.1) is 0 Å². The molecule has 3 N–H and O–H groups in total. The quantitative estimate of drug-likeness (QED) is 0.466. The minimum absolute atomic E-state index is 0.134. The van der Waals surface area contributed by atoms with Crippen LogP contribution in [0.4, 0.5) is 17.1 Å². The second-order valence-corrected chi connectivity index (χ2v) is 8.38. The Balaban J connectivity index is 1.29. The Morgan fingerprint density at radius 3 is 2.38 bits per heavy atom. The summed E-state index contributed by atoms with van der Waals surface area (Å²) in [6.45, 7) is 3.85. The topological polar surface area (TPSA) is 104 Å². The number of anilines is 3. The predicted octanol–water partition coefficient (Wildman–Crippen LogP) is 4.28. The molecule has 0 saturated carbocycles. The summed E-state index contributed by atoms with van der Waals surface area (Å²) in [5.74, 6) is -0.724. The van der Waals surface area contributed by atoms with Gasteiger partial charge in [-0.25, -0.2) is 0 Å². The van der Waals surface area contributed by atoms with E-state index in [1.54, 1.807) is 43.3 Å². The van der Waals surface area contributed by atoms with Gasteiger partial charge >= 0.3 is 0 Å². The second-order valence-electron chi connectivity index (χ2n) is 8.38. The molecule has 2 heterocycles. The Morgan fingerprint density at radius 2 is 1.65 bits per heavy atom. The third kappa shape index (κ3) is 6.04. The summed E-state index contributed by atoms with van der Waals surface area (Å²) in [4.78, 5) is 39.7. The molecule has 3 aromatic rings. The van der Waals surface area contributed by atoms with Crippen molar-refractivity contribution in [2.75, 3.05) is 28.6 Å². The van der Waals surface area contributed by atoms with Crippen molar-refractivity contribution in [1.29, 1.82) is 0 Å². The molecule has 8 nitrogen and oxygen atoms in total. The highest BCUT2D eigenvalue weighted by atomic mass is 16.3. The van der Waals surface area contributed by atoms with Crippen LogP contribution >= 0.6 is 0 Å². The van der Waals surface area contributed by atoms with Crippen molar-refractivity contribution in [2.24, 2.45) is 0 Å². The fourth-order valence-electron chi connectivity index (χ4n) is 3.94. The summed E-state index contributed by atoms with van der Waals surface area (Å²) < 4.78 is 5.08. The van der Waals surface area contributed by atoms with Crippen LogP contribution in [0.15, 0.2) is 71.3 Å². The highest BCUT2D eigenvalue weighted by molar-refractivity contribution is 6.03. The number of hydrogen-bond donors (Lipinski definition) is 3. The lowest BCUT2D eigenvalue weighted by Gasteiger charge is -2.19. The number of hydrogen-bond acceptors (Lipinski definition) is 5. The SMILES string of the molecule is CC(CC(=O)Nc1cccc(N2CCCC2)c1)NC(=O)c1cccc(NC(=O)c2ccco2)c1. The monoisotopic (exact) mass is 460 g/mol. The van der Waals surface area contributed by atoms with E-state index in [4.69, 9.17) is 4.42 Å². The van der Waals surface area contributed by atoms with Gasteiger partial charge in [0.05, 0.1) is 6.26 Å². The molecule has 1 fully saturated rings. The average Bonchev–Trinajstić information content (AvgIpc) is 3.54. The number of carbonyl (C=O) groups excluding carboxylic acids is 3. The van der Waals surface area contributed by atoms with Crippen LogP contribution in [0.3, 0.4) is 0 Å². The standard InChI is InChI=1S/C26H28N4O4/c1-18(15-24(31)28-21-9-5-10-22(17-21)30-12-2-3-13-30)27-25(32)19-7-4-8-20(16-19)29-26(33)23-11-6-14-34-23/h4-11,14,16-18H,2-3,12-13,15H2,1H3,(H,27,32)(H,28,31)(H,29,33). The molecule has 0 bridgehead atoms. The molecule has 2 aromatic carbocycles. The van der Waals surface area contributed by atoms with E-state index in [0.29, 0.717) is 11.3 Å². The van der Waals surface area contributed by atoms with Crippen molar-refractivity contribution < 1.29 is 18.8 Å². The Kier molecular flexibility index (Phi) is 7.27. The van der Waals surface area contributed by atoms with Gasteiger partial charge in [0, 0.05) is 48.2 Å². The van der Waals surface area contributed by atoms with Crippen LogP contribution in [0.1, 0.15) is 47.1 Å². The van der Waals surface area contributed by atoms with Crippen LogP contribution in [0.25, 0.3) is 0 Å². The van der Waals surface area contributed by atoms with E-state index < -0.39 is 5.91 Å². The van der Waals surface area contributed by atoms with Gasteiger partial charge in [0.25, 0.3) is 11.8 Å². The molecule has 8 heteroatoms. The smallest absolute Gasteiger partial charge is 0.291 e. The lowest BCUT2D eigenvalue weighted by atomic mass is 10.1. The van der Waals surface area contributed by atoms with Crippen LogP contribution in [0.2, 0.25) is 0 Å².